The van der Waals surface area contributed by atoms with E-state index in [0.717, 1.165) is 5.69 Å². The lowest BCUT2D eigenvalue weighted by Gasteiger charge is -1.96. The Morgan fingerprint density at radius 3 is 2.73 bits per heavy atom. The van der Waals surface area contributed by atoms with Crippen molar-refractivity contribution >= 4 is 5.91 Å². The summed E-state index contributed by atoms with van der Waals surface area (Å²) in [5.41, 5.74) is 3.01. The van der Waals surface area contributed by atoms with Crippen molar-refractivity contribution in [2.24, 2.45) is 5.84 Å². The van der Waals surface area contributed by atoms with E-state index in [1.807, 2.05) is 35.8 Å². The first kappa shape index (κ1) is 9.35. The van der Waals surface area contributed by atoms with E-state index < -0.39 is 5.91 Å². The van der Waals surface area contributed by atoms with Crippen LogP contribution in [-0.2, 0) is 0 Å². The van der Waals surface area contributed by atoms with E-state index in [9.17, 15) is 4.79 Å². The highest BCUT2D eigenvalue weighted by Crippen LogP contribution is 2.05. The zero-order valence-electron chi connectivity index (χ0n) is 7.79. The number of nitrogens with two attached hydrogens (primary N) is 1. The minimum absolute atomic E-state index is 0.182. The number of carbonyl (C=O) groups excluding carboxylic acids is 1. The van der Waals surface area contributed by atoms with Crippen molar-refractivity contribution in [1.29, 1.82) is 0 Å². The first-order chi connectivity index (χ1) is 7.31. The number of aromatic nitrogens is 3. The highest BCUT2D eigenvalue weighted by molar-refractivity contribution is 5.91. The molecule has 1 aromatic carbocycles. The summed E-state index contributed by atoms with van der Waals surface area (Å²) in [6.45, 7) is 0. The fourth-order valence-electron chi connectivity index (χ4n) is 1.15. The van der Waals surface area contributed by atoms with Gasteiger partial charge in [-0.3, -0.25) is 10.2 Å². The normalized spacial score (nSPS) is 9.93. The molecular weight excluding hydrogens is 194 g/mol. The van der Waals surface area contributed by atoms with Crippen molar-refractivity contribution in [3.8, 4) is 5.69 Å². The van der Waals surface area contributed by atoms with Crippen LogP contribution in [0.15, 0.2) is 36.5 Å². The highest BCUT2D eigenvalue weighted by Gasteiger charge is 2.08. The largest absolute Gasteiger partial charge is 0.289 e. The Kier molecular flexibility index (Phi) is 2.42. The Balaban J connectivity index is 2.32. The topological polar surface area (TPSA) is 85.8 Å². The minimum atomic E-state index is -0.461. The van der Waals surface area contributed by atoms with Crippen LogP contribution in [0.1, 0.15) is 10.5 Å². The molecule has 0 spiro atoms. The molecule has 0 fully saturated rings. The molecule has 15 heavy (non-hydrogen) atoms. The maximum Gasteiger partial charge on any atom is 0.287 e. The smallest absolute Gasteiger partial charge is 0.287 e. The van der Waals surface area contributed by atoms with Gasteiger partial charge in [-0.15, -0.1) is 5.10 Å². The van der Waals surface area contributed by atoms with Crippen molar-refractivity contribution in [2.75, 3.05) is 0 Å². The fraction of sp³-hybridized carbons (Fsp3) is 0. The number of benzene rings is 1. The summed E-state index contributed by atoms with van der Waals surface area (Å²) >= 11 is 0. The van der Waals surface area contributed by atoms with E-state index >= 15 is 0 Å². The molecule has 1 amide bonds. The molecule has 2 aromatic rings. The lowest BCUT2D eigenvalue weighted by Crippen LogP contribution is -2.30. The van der Waals surface area contributed by atoms with Crippen molar-refractivity contribution in [3.05, 3.63) is 42.2 Å². The summed E-state index contributed by atoms with van der Waals surface area (Å²) in [6, 6.07) is 9.37. The van der Waals surface area contributed by atoms with Crippen LogP contribution in [0.3, 0.4) is 0 Å². The average Bonchev–Trinajstić information content (AvgIpc) is 2.78. The maximum absolute atomic E-state index is 11.1. The van der Waals surface area contributed by atoms with Crippen LogP contribution < -0.4 is 11.3 Å². The summed E-state index contributed by atoms with van der Waals surface area (Å²) in [5, 5.41) is 7.49. The van der Waals surface area contributed by atoms with Crippen molar-refractivity contribution in [1.82, 2.24) is 20.4 Å². The van der Waals surface area contributed by atoms with Crippen molar-refractivity contribution in [3.63, 3.8) is 0 Å². The van der Waals surface area contributed by atoms with E-state index in [1.54, 1.807) is 0 Å². The molecule has 0 saturated heterocycles. The van der Waals surface area contributed by atoms with Crippen LogP contribution in [0.4, 0.5) is 0 Å². The van der Waals surface area contributed by atoms with E-state index in [1.165, 1.54) is 10.9 Å². The van der Waals surface area contributed by atoms with Crippen molar-refractivity contribution in [2.45, 2.75) is 0 Å². The highest BCUT2D eigenvalue weighted by atomic mass is 16.2. The van der Waals surface area contributed by atoms with Crippen LogP contribution in [-0.4, -0.2) is 20.9 Å². The number of nitrogens with one attached hydrogen (secondary N) is 1. The molecule has 0 saturated carbocycles. The molecule has 1 aromatic heterocycles. The predicted octanol–water partition coefficient (Wildman–Crippen LogP) is -0.129. The number of nitrogens with zero attached hydrogens (tertiary/aromatic N) is 3. The molecule has 2 rings (SSSR count). The maximum atomic E-state index is 11.1. The standard InChI is InChI=1S/C9H9N5O/c10-11-9(15)8-6-14(13-12-8)7-4-2-1-3-5-7/h1-6H,10H2,(H,11,15). The Labute approximate surface area is 85.7 Å². The van der Waals surface area contributed by atoms with Gasteiger partial charge in [-0.05, 0) is 12.1 Å². The molecule has 0 aliphatic carbocycles. The van der Waals surface area contributed by atoms with E-state index in [2.05, 4.69) is 10.3 Å². The molecule has 0 unspecified atom stereocenters. The zero-order valence-corrected chi connectivity index (χ0v) is 7.79. The molecule has 6 nitrogen and oxygen atoms in total. The predicted molar refractivity (Wildman–Crippen MR) is 53.0 cm³/mol. The average molecular weight is 203 g/mol. The molecule has 0 aliphatic rings. The second kappa shape index (κ2) is 3.89. The van der Waals surface area contributed by atoms with Gasteiger partial charge in [0, 0.05) is 0 Å². The first-order valence-corrected chi connectivity index (χ1v) is 4.30. The van der Waals surface area contributed by atoms with Gasteiger partial charge in [-0.1, -0.05) is 23.4 Å². The summed E-state index contributed by atoms with van der Waals surface area (Å²) in [7, 11) is 0. The number of nitrogen functional groups attached to an aromatic ring is 1. The van der Waals surface area contributed by atoms with Gasteiger partial charge in [-0.2, -0.15) is 0 Å². The van der Waals surface area contributed by atoms with E-state index in [4.69, 9.17) is 5.84 Å². The molecule has 3 N–H and O–H groups in total. The monoisotopic (exact) mass is 203 g/mol. The molecule has 0 radical (unpaired) electrons. The minimum Gasteiger partial charge on any atom is -0.289 e. The zero-order chi connectivity index (χ0) is 10.7. The second-order valence-electron chi connectivity index (χ2n) is 2.86. The van der Waals surface area contributed by atoms with Crippen LogP contribution in [0.2, 0.25) is 0 Å². The fourth-order valence-corrected chi connectivity index (χ4v) is 1.15. The van der Waals surface area contributed by atoms with Crippen LogP contribution in [0.25, 0.3) is 5.69 Å². The number of amides is 1. The van der Waals surface area contributed by atoms with Crippen LogP contribution in [0.5, 0.6) is 0 Å². The molecule has 0 bridgehead atoms. The number of hydrogen-bond acceptors (Lipinski definition) is 4. The summed E-state index contributed by atoms with van der Waals surface area (Å²) in [4.78, 5) is 11.1. The van der Waals surface area contributed by atoms with E-state index in [0.29, 0.717) is 0 Å². The lowest BCUT2D eigenvalue weighted by molar-refractivity contribution is 0.0948. The number of hydrogen-bond donors (Lipinski definition) is 2. The molecule has 1 heterocycles. The van der Waals surface area contributed by atoms with Gasteiger partial charge in [0.1, 0.15) is 0 Å². The molecule has 0 aliphatic heterocycles. The van der Waals surface area contributed by atoms with Gasteiger partial charge in [0.25, 0.3) is 5.91 Å². The third-order valence-corrected chi connectivity index (χ3v) is 1.88. The summed E-state index contributed by atoms with van der Waals surface area (Å²) in [5.74, 6) is 4.51. The Bertz CT molecular complexity index is 464. The van der Waals surface area contributed by atoms with Gasteiger partial charge >= 0.3 is 0 Å². The Morgan fingerprint density at radius 2 is 2.07 bits per heavy atom. The SMILES string of the molecule is NNC(=O)c1cn(-c2ccccc2)nn1. The first-order valence-electron chi connectivity index (χ1n) is 4.30. The molecule has 0 atom stereocenters. The van der Waals surface area contributed by atoms with E-state index in [-0.39, 0.29) is 5.69 Å². The van der Waals surface area contributed by atoms with Gasteiger partial charge in [0.05, 0.1) is 11.9 Å². The molecule has 6 heteroatoms. The summed E-state index contributed by atoms with van der Waals surface area (Å²) in [6.07, 6.45) is 1.51. The van der Waals surface area contributed by atoms with Gasteiger partial charge < -0.3 is 0 Å². The Hall–Kier alpha value is -2.21. The molecule has 76 valence electrons. The Morgan fingerprint density at radius 1 is 1.33 bits per heavy atom. The van der Waals surface area contributed by atoms with Gasteiger partial charge in [0.2, 0.25) is 0 Å². The number of carbonyl (C=O) groups is 1. The quantitative estimate of drug-likeness (QED) is 0.404. The third-order valence-electron chi connectivity index (χ3n) is 1.88. The summed E-state index contributed by atoms with van der Waals surface area (Å²) < 4.78 is 1.50. The van der Waals surface area contributed by atoms with Crippen LogP contribution in [0, 0.1) is 0 Å². The van der Waals surface area contributed by atoms with Gasteiger partial charge in [0.15, 0.2) is 5.69 Å². The number of para-hydroxylation sites is 1. The third kappa shape index (κ3) is 1.84. The number of rotatable bonds is 2. The molecular formula is C9H9N5O. The van der Waals surface area contributed by atoms with Gasteiger partial charge in [-0.25, -0.2) is 10.5 Å². The lowest BCUT2D eigenvalue weighted by atomic mass is 10.3. The number of hydrazine groups is 1. The van der Waals surface area contributed by atoms with Crippen LogP contribution >= 0.6 is 0 Å². The second-order valence-corrected chi connectivity index (χ2v) is 2.86. The van der Waals surface area contributed by atoms with Crippen molar-refractivity contribution < 1.29 is 4.79 Å².